The Balaban J connectivity index is 1.46. The van der Waals surface area contributed by atoms with Crippen LogP contribution in [0.2, 0.25) is 0 Å². The van der Waals surface area contributed by atoms with Crippen LogP contribution >= 0.6 is 11.8 Å². The van der Waals surface area contributed by atoms with Crippen LogP contribution in [-0.4, -0.2) is 64.8 Å². The summed E-state index contributed by atoms with van der Waals surface area (Å²) in [4.78, 5) is 12.6. The molecule has 1 N–H and O–H groups in total. The van der Waals surface area contributed by atoms with Gasteiger partial charge in [0, 0.05) is 18.8 Å². The molecule has 0 atom stereocenters. The fourth-order valence-electron chi connectivity index (χ4n) is 3.53. The van der Waals surface area contributed by atoms with Crippen molar-refractivity contribution in [2.24, 2.45) is 0 Å². The van der Waals surface area contributed by atoms with Crippen LogP contribution < -0.4 is 10.1 Å². The van der Waals surface area contributed by atoms with Gasteiger partial charge in [0.25, 0.3) is 0 Å². The van der Waals surface area contributed by atoms with E-state index in [1.165, 1.54) is 29.2 Å². The van der Waals surface area contributed by atoms with E-state index in [0.29, 0.717) is 23.9 Å². The molecule has 1 amide bonds. The largest absolute Gasteiger partial charge is 0.495 e. The second-order valence-corrected chi connectivity index (χ2v) is 10.2. The fraction of sp³-hybridized carbons (Fsp3) is 0.333. The van der Waals surface area contributed by atoms with E-state index in [1.54, 1.807) is 16.8 Å². The molecule has 1 fully saturated rings. The molecule has 3 aromatic rings. The number of rotatable bonds is 8. The number of sulfonamides is 1. The molecule has 0 unspecified atom stereocenters. The van der Waals surface area contributed by atoms with E-state index < -0.39 is 10.0 Å². The Labute approximate surface area is 196 Å². The molecule has 2 aromatic carbocycles. The first-order valence-electron chi connectivity index (χ1n) is 10.4. The number of nitrogens with zero attached hydrogens (tertiary/aromatic N) is 5. The quantitative estimate of drug-likeness (QED) is 0.481. The van der Waals surface area contributed by atoms with Gasteiger partial charge in [0.05, 0.1) is 18.6 Å². The molecular formula is C21H24N6O4S2. The van der Waals surface area contributed by atoms with Crippen LogP contribution in [0, 0.1) is 0 Å². The van der Waals surface area contributed by atoms with Gasteiger partial charge in [-0.15, -0.1) is 5.10 Å². The van der Waals surface area contributed by atoms with Crippen LogP contribution in [0.3, 0.4) is 0 Å². The van der Waals surface area contributed by atoms with Gasteiger partial charge in [-0.1, -0.05) is 36.4 Å². The topological polar surface area (TPSA) is 119 Å². The maximum atomic E-state index is 13.2. The van der Waals surface area contributed by atoms with Crippen molar-refractivity contribution >= 4 is 33.4 Å². The van der Waals surface area contributed by atoms with Gasteiger partial charge in [0.2, 0.25) is 21.1 Å². The van der Waals surface area contributed by atoms with Gasteiger partial charge >= 0.3 is 0 Å². The predicted octanol–water partition coefficient (Wildman–Crippen LogP) is 2.58. The van der Waals surface area contributed by atoms with Crippen LogP contribution in [0.15, 0.2) is 58.6 Å². The zero-order valence-electron chi connectivity index (χ0n) is 18.0. The van der Waals surface area contributed by atoms with Crippen LogP contribution in [0.4, 0.5) is 5.69 Å². The lowest BCUT2D eigenvalue weighted by Crippen LogP contribution is -2.35. The predicted molar refractivity (Wildman–Crippen MR) is 124 cm³/mol. The molecule has 174 valence electrons. The van der Waals surface area contributed by atoms with Crippen molar-refractivity contribution in [1.29, 1.82) is 0 Å². The number of anilines is 1. The van der Waals surface area contributed by atoms with Gasteiger partial charge in [-0.05, 0) is 53.6 Å². The lowest BCUT2D eigenvalue weighted by atomic mass is 10.2. The van der Waals surface area contributed by atoms with Gasteiger partial charge in [-0.25, -0.2) is 8.42 Å². The third kappa shape index (κ3) is 5.34. The third-order valence-electron chi connectivity index (χ3n) is 5.15. The number of carbonyl (C=O) groups excluding carboxylic acids is 1. The highest BCUT2D eigenvalue weighted by molar-refractivity contribution is 7.99. The first-order chi connectivity index (χ1) is 16.0. The minimum absolute atomic E-state index is 0.0466. The minimum atomic E-state index is -3.73. The number of thioether (sulfide) groups is 1. The highest BCUT2D eigenvalue weighted by Crippen LogP contribution is 2.31. The standard InChI is InChI=1S/C21H24N6O4S2/c1-31-18-11-10-16(14-19(18)33(29,30)26-12-6-3-7-13-26)22-20(28)15-32-21-23-24-25-27(21)17-8-4-2-5-9-17/h2,4-5,8-11,14H,3,6-7,12-13,15H2,1H3,(H,22,28). The molecule has 1 aromatic heterocycles. The Kier molecular flexibility index (Phi) is 7.26. The molecule has 33 heavy (non-hydrogen) atoms. The summed E-state index contributed by atoms with van der Waals surface area (Å²) < 4.78 is 34.6. The van der Waals surface area contributed by atoms with E-state index in [2.05, 4.69) is 20.8 Å². The summed E-state index contributed by atoms with van der Waals surface area (Å²) >= 11 is 1.18. The van der Waals surface area contributed by atoms with Crippen molar-refractivity contribution in [2.75, 3.05) is 31.3 Å². The zero-order chi connectivity index (χ0) is 23.3. The molecule has 0 spiro atoms. The number of nitrogens with one attached hydrogen (secondary N) is 1. The van der Waals surface area contributed by atoms with Crippen molar-refractivity contribution in [2.45, 2.75) is 29.3 Å². The molecule has 0 aliphatic carbocycles. The minimum Gasteiger partial charge on any atom is -0.495 e. The number of tetrazole rings is 1. The normalized spacial score (nSPS) is 14.7. The van der Waals surface area contributed by atoms with Gasteiger partial charge in [0.1, 0.15) is 10.6 Å². The number of amides is 1. The van der Waals surface area contributed by atoms with Gasteiger partial charge < -0.3 is 10.1 Å². The average Bonchev–Trinajstić information content (AvgIpc) is 3.32. The Bertz CT molecular complexity index is 1210. The van der Waals surface area contributed by atoms with E-state index >= 15 is 0 Å². The van der Waals surface area contributed by atoms with E-state index in [4.69, 9.17) is 4.74 Å². The zero-order valence-corrected chi connectivity index (χ0v) is 19.7. The maximum Gasteiger partial charge on any atom is 0.246 e. The Morgan fingerprint density at radius 3 is 2.61 bits per heavy atom. The number of hydrogen-bond acceptors (Lipinski definition) is 8. The summed E-state index contributed by atoms with van der Waals surface area (Å²) in [5.41, 5.74) is 1.16. The number of ether oxygens (including phenoxy) is 1. The van der Waals surface area contributed by atoms with Crippen LogP contribution in [0.5, 0.6) is 5.75 Å². The van der Waals surface area contributed by atoms with E-state index in [-0.39, 0.29) is 22.3 Å². The highest BCUT2D eigenvalue weighted by atomic mass is 32.2. The lowest BCUT2D eigenvalue weighted by Gasteiger charge is -2.26. The number of para-hydroxylation sites is 1. The molecule has 12 heteroatoms. The molecule has 1 saturated heterocycles. The van der Waals surface area contributed by atoms with Gasteiger partial charge in [-0.2, -0.15) is 8.99 Å². The second kappa shape index (κ2) is 10.3. The Hall–Kier alpha value is -2.96. The number of benzene rings is 2. The Morgan fingerprint density at radius 1 is 1.12 bits per heavy atom. The van der Waals surface area contributed by atoms with Crippen LogP contribution in [-0.2, 0) is 14.8 Å². The number of hydrogen-bond donors (Lipinski definition) is 1. The third-order valence-corrected chi connectivity index (χ3v) is 7.99. The number of aromatic nitrogens is 4. The van der Waals surface area contributed by atoms with Crippen molar-refractivity contribution < 1.29 is 17.9 Å². The summed E-state index contributed by atoms with van der Waals surface area (Å²) in [5, 5.41) is 14.9. The second-order valence-electron chi connectivity index (χ2n) is 7.38. The molecule has 1 aliphatic heterocycles. The van der Waals surface area contributed by atoms with Crippen molar-refractivity contribution in [3.05, 3.63) is 48.5 Å². The molecular weight excluding hydrogens is 464 g/mol. The molecule has 2 heterocycles. The number of piperidine rings is 1. The summed E-state index contributed by atoms with van der Waals surface area (Å²) in [5.74, 6) is -0.0166. The number of carbonyl (C=O) groups is 1. The van der Waals surface area contributed by atoms with Crippen molar-refractivity contribution in [3.8, 4) is 11.4 Å². The summed E-state index contributed by atoms with van der Waals surface area (Å²) in [6.07, 6.45) is 2.68. The molecule has 1 aliphatic rings. The van der Waals surface area contributed by atoms with Gasteiger partial charge in [0.15, 0.2) is 0 Å². The average molecular weight is 489 g/mol. The fourth-order valence-corrected chi connectivity index (χ4v) is 5.92. The number of methoxy groups -OCH3 is 1. The van der Waals surface area contributed by atoms with Crippen molar-refractivity contribution in [1.82, 2.24) is 24.5 Å². The summed E-state index contributed by atoms with van der Waals surface area (Å²) in [7, 11) is -2.30. The molecule has 0 saturated carbocycles. The Morgan fingerprint density at radius 2 is 1.88 bits per heavy atom. The summed E-state index contributed by atoms with van der Waals surface area (Å²) in [6, 6.07) is 14.0. The molecule has 0 radical (unpaired) electrons. The van der Waals surface area contributed by atoms with E-state index in [1.807, 2.05) is 30.3 Å². The van der Waals surface area contributed by atoms with Crippen molar-refractivity contribution in [3.63, 3.8) is 0 Å². The van der Waals surface area contributed by atoms with Gasteiger partial charge in [-0.3, -0.25) is 4.79 Å². The first kappa shape index (κ1) is 23.2. The monoisotopic (exact) mass is 488 g/mol. The van der Waals surface area contributed by atoms with Crippen LogP contribution in [0.1, 0.15) is 19.3 Å². The van der Waals surface area contributed by atoms with E-state index in [9.17, 15) is 13.2 Å². The smallest absolute Gasteiger partial charge is 0.246 e. The summed E-state index contributed by atoms with van der Waals surface area (Å²) in [6.45, 7) is 0.962. The lowest BCUT2D eigenvalue weighted by molar-refractivity contribution is -0.113. The van der Waals surface area contributed by atoms with Crippen LogP contribution in [0.25, 0.3) is 5.69 Å². The SMILES string of the molecule is COc1ccc(NC(=O)CSc2nnnn2-c2ccccc2)cc1S(=O)(=O)N1CCCCC1. The first-order valence-corrected chi connectivity index (χ1v) is 12.9. The highest BCUT2D eigenvalue weighted by Gasteiger charge is 2.29. The molecule has 10 nitrogen and oxygen atoms in total. The van der Waals surface area contributed by atoms with E-state index in [0.717, 1.165) is 24.9 Å². The molecule has 4 rings (SSSR count). The molecule has 0 bridgehead atoms. The maximum absolute atomic E-state index is 13.2.